The average molecular weight is 375 g/mol. The van der Waals surface area contributed by atoms with E-state index in [4.69, 9.17) is 32.7 Å². The second kappa shape index (κ2) is 8.85. The van der Waals surface area contributed by atoms with Crippen LogP contribution in [-0.4, -0.2) is 19.4 Å². The summed E-state index contributed by atoms with van der Waals surface area (Å²) in [7, 11) is 0. The van der Waals surface area contributed by atoms with Crippen molar-refractivity contribution >= 4 is 29.4 Å². The van der Waals surface area contributed by atoms with E-state index in [2.05, 4.69) is 0 Å². The Balaban J connectivity index is 1.70. The van der Waals surface area contributed by atoms with Crippen molar-refractivity contribution in [2.24, 2.45) is 0 Å². The SMILES string of the molecule is O=C(OCCc1ccc(F)cc1Cl)OCCc1ccc(F)cc1Cl. The molecule has 0 spiro atoms. The summed E-state index contributed by atoms with van der Waals surface area (Å²) in [6.45, 7) is 0.114. The predicted octanol–water partition coefficient (Wildman–Crippen LogP) is 5.21. The molecule has 7 heteroatoms. The van der Waals surface area contributed by atoms with E-state index in [-0.39, 0.29) is 23.3 Å². The lowest BCUT2D eigenvalue weighted by atomic mass is 10.1. The summed E-state index contributed by atoms with van der Waals surface area (Å²) in [5.41, 5.74) is 1.34. The number of halogens is 4. The van der Waals surface area contributed by atoms with Gasteiger partial charge in [0.15, 0.2) is 0 Å². The van der Waals surface area contributed by atoms with Crippen LogP contribution in [0.15, 0.2) is 36.4 Å². The van der Waals surface area contributed by atoms with Crippen LogP contribution in [-0.2, 0) is 22.3 Å². The Morgan fingerprint density at radius 3 is 1.62 bits per heavy atom. The number of ether oxygens (including phenoxy) is 2. The first kappa shape index (κ1) is 18.5. The molecular formula is C17H14Cl2F2O3. The molecule has 2 aromatic rings. The maximum absolute atomic E-state index is 12.9. The highest BCUT2D eigenvalue weighted by Gasteiger charge is 2.08. The summed E-state index contributed by atoms with van der Waals surface area (Å²) in [5.74, 6) is -0.855. The third-order valence-electron chi connectivity index (χ3n) is 3.21. The maximum Gasteiger partial charge on any atom is 0.508 e. The summed E-state index contributed by atoms with van der Waals surface area (Å²) in [6.07, 6.45) is -0.137. The minimum atomic E-state index is -0.827. The molecule has 24 heavy (non-hydrogen) atoms. The zero-order valence-electron chi connectivity index (χ0n) is 12.5. The number of carbonyl (C=O) groups is 1. The van der Waals surface area contributed by atoms with Crippen molar-refractivity contribution in [1.29, 1.82) is 0 Å². The molecule has 0 aromatic heterocycles. The molecule has 3 nitrogen and oxygen atoms in total. The number of carbonyl (C=O) groups excluding carboxylic acids is 1. The van der Waals surface area contributed by atoms with Crippen LogP contribution in [0.4, 0.5) is 13.6 Å². The van der Waals surface area contributed by atoms with Crippen molar-refractivity contribution in [2.45, 2.75) is 12.8 Å². The molecule has 2 rings (SSSR count). The molecule has 0 fully saturated rings. The third kappa shape index (κ3) is 5.65. The second-order valence-electron chi connectivity index (χ2n) is 4.92. The molecule has 0 heterocycles. The largest absolute Gasteiger partial charge is 0.508 e. The molecule has 0 radical (unpaired) electrons. The number of benzene rings is 2. The van der Waals surface area contributed by atoms with Crippen molar-refractivity contribution in [3.63, 3.8) is 0 Å². The average Bonchev–Trinajstić information content (AvgIpc) is 2.51. The summed E-state index contributed by atoms with van der Waals surface area (Å²) >= 11 is 11.7. The number of rotatable bonds is 6. The van der Waals surface area contributed by atoms with Crippen molar-refractivity contribution < 1.29 is 23.0 Å². The quantitative estimate of drug-likeness (QED) is 0.651. The molecule has 0 N–H and O–H groups in total. The molecule has 0 saturated carbocycles. The monoisotopic (exact) mass is 374 g/mol. The Morgan fingerprint density at radius 1 is 0.833 bits per heavy atom. The molecule has 0 saturated heterocycles. The van der Waals surface area contributed by atoms with Gasteiger partial charge in [0.05, 0.1) is 13.2 Å². The lowest BCUT2D eigenvalue weighted by Crippen LogP contribution is -2.12. The highest BCUT2D eigenvalue weighted by Crippen LogP contribution is 2.19. The minimum absolute atomic E-state index is 0.0570. The van der Waals surface area contributed by atoms with Gasteiger partial charge in [0.1, 0.15) is 11.6 Å². The fourth-order valence-corrected chi connectivity index (χ4v) is 2.50. The fourth-order valence-electron chi connectivity index (χ4n) is 1.98. The van der Waals surface area contributed by atoms with Crippen molar-refractivity contribution in [1.82, 2.24) is 0 Å². The molecule has 0 aliphatic rings. The number of hydrogen-bond donors (Lipinski definition) is 0. The van der Waals surface area contributed by atoms with Gasteiger partial charge in [-0.05, 0) is 35.4 Å². The Kier molecular flexibility index (Phi) is 6.82. The van der Waals surface area contributed by atoms with Gasteiger partial charge in [-0.1, -0.05) is 35.3 Å². The highest BCUT2D eigenvalue weighted by atomic mass is 35.5. The smallest absolute Gasteiger partial charge is 0.434 e. The van der Waals surface area contributed by atoms with Crippen LogP contribution >= 0.6 is 23.2 Å². The van der Waals surface area contributed by atoms with Gasteiger partial charge < -0.3 is 9.47 Å². The van der Waals surface area contributed by atoms with Gasteiger partial charge in [0.2, 0.25) is 0 Å². The summed E-state index contributed by atoms with van der Waals surface area (Å²) in [5, 5.41) is 0.552. The zero-order valence-corrected chi connectivity index (χ0v) is 14.0. The molecule has 2 aromatic carbocycles. The minimum Gasteiger partial charge on any atom is -0.434 e. The van der Waals surface area contributed by atoms with Gasteiger partial charge in [-0.15, -0.1) is 0 Å². The molecule has 0 amide bonds. The van der Waals surface area contributed by atoms with Crippen molar-refractivity contribution in [2.75, 3.05) is 13.2 Å². The summed E-state index contributed by atoms with van der Waals surface area (Å²) in [6, 6.07) is 8.02. The van der Waals surface area contributed by atoms with Crippen LogP contribution in [0.5, 0.6) is 0 Å². The molecule has 0 unspecified atom stereocenters. The lowest BCUT2D eigenvalue weighted by molar-refractivity contribution is 0.0569. The van der Waals surface area contributed by atoms with E-state index < -0.39 is 17.8 Å². The van der Waals surface area contributed by atoms with E-state index in [9.17, 15) is 13.6 Å². The Morgan fingerprint density at radius 2 is 1.25 bits per heavy atom. The van der Waals surface area contributed by atoms with Crippen LogP contribution < -0.4 is 0 Å². The molecular weight excluding hydrogens is 361 g/mol. The Bertz CT molecular complexity index is 663. The van der Waals surface area contributed by atoms with Gasteiger partial charge in [-0.3, -0.25) is 0 Å². The zero-order chi connectivity index (χ0) is 17.5. The standard InChI is InChI=1S/C17H14Cl2F2O3/c18-15-9-13(20)3-1-11(15)5-7-23-17(22)24-8-6-12-2-4-14(21)10-16(12)19/h1-4,9-10H,5-8H2. The first-order valence-electron chi connectivity index (χ1n) is 7.13. The van der Waals surface area contributed by atoms with E-state index in [0.717, 1.165) is 0 Å². The van der Waals surface area contributed by atoms with Gasteiger partial charge in [0.25, 0.3) is 0 Å². The van der Waals surface area contributed by atoms with Gasteiger partial charge in [0, 0.05) is 22.9 Å². The topological polar surface area (TPSA) is 35.5 Å². The Hall–Kier alpha value is -1.85. The van der Waals surface area contributed by atoms with Crippen LogP contribution in [0, 0.1) is 11.6 Å². The fraction of sp³-hybridized carbons (Fsp3) is 0.235. The third-order valence-corrected chi connectivity index (χ3v) is 3.92. The van der Waals surface area contributed by atoms with Crippen molar-refractivity contribution in [3.05, 3.63) is 69.2 Å². The van der Waals surface area contributed by atoms with Crippen molar-refractivity contribution in [3.8, 4) is 0 Å². The second-order valence-corrected chi connectivity index (χ2v) is 5.73. The van der Waals surface area contributed by atoms with Gasteiger partial charge >= 0.3 is 6.16 Å². The van der Waals surface area contributed by atoms with Gasteiger partial charge in [-0.25, -0.2) is 13.6 Å². The van der Waals surface area contributed by atoms with Crippen LogP contribution in [0.1, 0.15) is 11.1 Å². The normalized spacial score (nSPS) is 10.5. The molecule has 0 aliphatic heterocycles. The lowest BCUT2D eigenvalue weighted by Gasteiger charge is -2.08. The molecule has 128 valence electrons. The molecule has 0 aliphatic carbocycles. The van der Waals surface area contributed by atoms with Crippen LogP contribution in [0.3, 0.4) is 0 Å². The molecule has 0 bridgehead atoms. The number of hydrogen-bond acceptors (Lipinski definition) is 3. The Labute approximate surface area is 148 Å². The predicted molar refractivity (Wildman–Crippen MR) is 87.5 cm³/mol. The summed E-state index contributed by atoms with van der Waals surface area (Å²) in [4.78, 5) is 11.5. The van der Waals surface area contributed by atoms with E-state index in [1.54, 1.807) is 0 Å². The molecule has 0 atom stereocenters. The van der Waals surface area contributed by atoms with E-state index in [1.807, 2.05) is 0 Å². The van der Waals surface area contributed by atoms with E-state index in [0.29, 0.717) is 24.0 Å². The van der Waals surface area contributed by atoms with Crippen LogP contribution in [0.2, 0.25) is 10.0 Å². The first-order chi connectivity index (χ1) is 11.5. The van der Waals surface area contributed by atoms with E-state index >= 15 is 0 Å². The highest BCUT2D eigenvalue weighted by molar-refractivity contribution is 6.31. The van der Waals surface area contributed by atoms with E-state index in [1.165, 1.54) is 36.4 Å². The first-order valence-corrected chi connectivity index (χ1v) is 7.88. The van der Waals surface area contributed by atoms with Crippen LogP contribution in [0.25, 0.3) is 0 Å². The maximum atomic E-state index is 12.9. The van der Waals surface area contributed by atoms with Gasteiger partial charge in [-0.2, -0.15) is 0 Å². The summed E-state index contributed by atoms with van der Waals surface area (Å²) < 4.78 is 35.6.